The van der Waals surface area contributed by atoms with Gasteiger partial charge in [-0.25, -0.2) is 4.79 Å². The van der Waals surface area contributed by atoms with Crippen LogP contribution in [0, 0.1) is 6.92 Å². The molecule has 0 radical (unpaired) electrons. The molecule has 1 unspecified atom stereocenters. The number of amides is 2. The molecule has 0 saturated heterocycles. The van der Waals surface area contributed by atoms with E-state index in [-0.39, 0.29) is 24.2 Å². The van der Waals surface area contributed by atoms with Crippen molar-refractivity contribution in [2.45, 2.75) is 57.7 Å². The van der Waals surface area contributed by atoms with Crippen molar-refractivity contribution in [3.63, 3.8) is 0 Å². The number of rotatable bonds is 4. The first-order valence-corrected chi connectivity index (χ1v) is 10.7. The number of hydrogen-bond acceptors (Lipinski definition) is 5. The topological polar surface area (TPSA) is 129 Å². The number of aryl methyl sites for hydroxylation is 1. The van der Waals surface area contributed by atoms with E-state index < -0.39 is 34.7 Å². The molecule has 3 N–H and O–H groups in total. The van der Waals surface area contributed by atoms with Crippen molar-refractivity contribution >= 4 is 23.5 Å². The van der Waals surface area contributed by atoms with Crippen LogP contribution in [0.15, 0.2) is 35.3 Å². The molecule has 1 aliphatic carbocycles. The third-order valence-corrected chi connectivity index (χ3v) is 6.16. The van der Waals surface area contributed by atoms with E-state index in [4.69, 9.17) is 0 Å². The predicted molar refractivity (Wildman–Crippen MR) is 116 cm³/mol. The number of aromatic carboxylic acids is 1. The zero-order chi connectivity index (χ0) is 23.0. The lowest BCUT2D eigenvalue weighted by molar-refractivity contribution is -0.123. The zero-order valence-electron chi connectivity index (χ0n) is 17.7. The van der Waals surface area contributed by atoms with Crippen molar-refractivity contribution in [1.29, 1.82) is 0 Å². The summed E-state index contributed by atoms with van der Waals surface area (Å²) in [5.74, 6) is -3.54. The van der Waals surface area contributed by atoms with Crippen LogP contribution in [0.25, 0.3) is 0 Å². The number of benzene rings is 1. The number of aromatic nitrogens is 1. The van der Waals surface area contributed by atoms with E-state index in [0.29, 0.717) is 5.69 Å². The van der Waals surface area contributed by atoms with Gasteiger partial charge in [0, 0.05) is 17.9 Å². The number of hydrogen-bond donors (Lipinski definition) is 3. The Morgan fingerprint density at radius 3 is 2.34 bits per heavy atom. The molecule has 2 heterocycles. The molecular formula is C23H25N3O6. The van der Waals surface area contributed by atoms with Gasteiger partial charge in [-0.15, -0.1) is 0 Å². The Morgan fingerprint density at radius 1 is 1.06 bits per heavy atom. The summed E-state index contributed by atoms with van der Waals surface area (Å²) in [7, 11) is 0. The summed E-state index contributed by atoms with van der Waals surface area (Å²) >= 11 is 0. The molecule has 9 nitrogen and oxygen atoms in total. The summed E-state index contributed by atoms with van der Waals surface area (Å²) in [6.45, 7) is 1.80. The molecule has 1 atom stereocenters. The SMILES string of the molecule is Cc1ccc(N2C(=O)c3c(O)c(=O)c(C(=O)O)cn3CC2C(=O)NC2CCCCC2)cc1. The van der Waals surface area contributed by atoms with Crippen LogP contribution in [0.1, 0.15) is 58.5 Å². The molecule has 2 aliphatic rings. The molecule has 1 saturated carbocycles. The Kier molecular flexibility index (Phi) is 5.73. The van der Waals surface area contributed by atoms with Gasteiger partial charge in [0.2, 0.25) is 11.3 Å². The van der Waals surface area contributed by atoms with Gasteiger partial charge in [-0.05, 0) is 31.9 Å². The van der Waals surface area contributed by atoms with E-state index in [1.165, 1.54) is 9.47 Å². The van der Waals surface area contributed by atoms with Crippen LogP contribution in [0.5, 0.6) is 5.75 Å². The Labute approximate surface area is 184 Å². The second kappa shape index (κ2) is 8.49. The zero-order valence-corrected chi connectivity index (χ0v) is 17.7. The number of carbonyl (C=O) groups excluding carboxylic acids is 2. The molecule has 1 aromatic carbocycles. The average Bonchev–Trinajstić information content (AvgIpc) is 2.77. The first-order chi connectivity index (χ1) is 15.3. The fourth-order valence-corrected chi connectivity index (χ4v) is 4.44. The summed E-state index contributed by atoms with van der Waals surface area (Å²) in [6, 6.07) is 6.05. The lowest BCUT2D eigenvalue weighted by atomic mass is 9.95. The maximum Gasteiger partial charge on any atom is 0.341 e. The van der Waals surface area contributed by atoms with Crippen LogP contribution in [0.2, 0.25) is 0 Å². The lowest BCUT2D eigenvalue weighted by Crippen LogP contribution is -2.57. The number of carboxylic acids is 1. The molecule has 9 heteroatoms. The van der Waals surface area contributed by atoms with Crippen molar-refractivity contribution < 1.29 is 24.6 Å². The van der Waals surface area contributed by atoms with Gasteiger partial charge in [-0.2, -0.15) is 0 Å². The highest BCUT2D eigenvalue weighted by Crippen LogP contribution is 2.29. The average molecular weight is 439 g/mol. The van der Waals surface area contributed by atoms with E-state index in [0.717, 1.165) is 43.9 Å². The highest BCUT2D eigenvalue weighted by molar-refractivity contribution is 6.11. The van der Waals surface area contributed by atoms with E-state index in [1.807, 2.05) is 6.92 Å². The van der Waals surface area contributed by atoms with Gasteiger partial charge in [0.1, 0.15) is 11.6 Å². The van der Waals surface area contributed by atoms with Gasteiger partial charge in [0.05, 0.1) is 6.54 Å². The van der Waals surface area contributed by atoms with Crippen molar-refractivity contribution in [3.8, 4) is 5.75 Å². The number of carbonyl (C=O) groups is 3. The van der Waals surface area contributed by atoms with E-state index in [1.54, 1.807) is 24.3 Å². The van der Waals surface area contributed by atoms with E-state index >= 15 is 0 Å². The van der Waals surface area contributed by atoms with Gasteiger partial charge in [0.25, 0.3) is 5.91 Å². The third kappa shape index (κ3) is 3.86. The molecule has 1 aliphatic heterocycles. The first-order valence-electron chi connectivity index (χ1n) is 10.7. The standard InChI is InChI=1S/C23H25N3O6/c1-13-7-9-15(10-8-13)26-17(21(29)24-14-5-3-2-4-6-14)12-25-11-16(23(31)32)19(27)20(28)18(25)22(26)30/h7-11,14,17,28H,2-6,12H2,1H3,(H,24,29)(H,31,32). The number of aromatic hydroxyl groups is 1. The van der Waals surface area contributed by atoms with Crippen LogP contribution < -0.4 is 15.6 Å². The minimum atomic E-state index is -1.52. The van der Waals surface area contributed by atoms with Crippen LogP contribution in [0.4, 0.5) is 5.69 Å². The molecule has 0 bridgehead atoms. The summed E-state index contributed by atoms with van der Waals surface area (Å²) in [5.41, 5.74) is -0.709. The maximum absolute atomic E-state index is 13.4. The van der Waals surface area contributed by atoms with Crippen molar-refractivity contribution in [2.75, 3.05) is 4.90 Å². The fraction of sp³-hybridized carbons (Fsp3) is 0.391. The summed E-state index contributed by atoms with van der Waals surface area (Å²) < 4.78 is 1.19. The van der Waals surface area contributed by atoms with Crippen molar-refractivity contribution in [1.82, 2.24) is 9.88 Å². The predicted octanol–water partition coefficient (Wildman–Crippen LogP) is 2.04. The number of carboxylic acid groups (broad SMARTS) is 1. The van der Waals surface area contributed by atoms with Crippen molar-refractivity contribution in [2.24, 2.45) is 0 Å². The summed E-state index contributed by atoms with van der Waals surface area (Å²) in [5, 5.41) is 22.7. The third-order valence-electron chi connectivity index (χ3n) is 6.16. The molecule has 1 aromatic heterocycles. The maximum atomic E-state index is 13.4. The van der Waals surface area contributed by atoms with E-state index in [2.05, 4.69) is 5.32 Å². The van der Waals surface area contributed by atoms with Gasteiger partial charge in [-0.3, -0.25) is 19.3 Å². The number of fused-ring (bicyclic) bond motifs is 1. The quantitative estimate of drug-likeness (QED) is 0.669. The molecule has 1 fully saturated rings. The fourth-order valence-electron chi connectivity index (χ4n) is 4.44. The lowest BCUT2D eigenvalue weighted by Gasteiger charge is -2.38. The normalized spacial score (nSPS) is 18.8. The Morgan fingerprint density at radius 2 is 1.72 bits per heavy atom. The largest absolute Gasteiger partial charge is 0.503 e. The summed E-state index contributed by atoms with van der Waals surface area (Å²) in [6.07, 6.45) is 5.92. The minimum Gasteiger partial charge on any atom is -0.503 e. The second-order valence-corrected chi connectivity index (χ2v) is 8.40. The molecule has 0 spiro atoms. The number of nitrogens with zero attached hydrogens (tertiary/aromatic N) is 2. The minimum absolute atomic E-state index is 0.0182. The van der Waals surface area contributed by atoms with Crippen LogP contribution >= 0.6 is 0 Å². The van der Waals surface area contributed by atoms with E-state index in [9.17, 15) is 29.4 Å². The molecule has 4 rings (SSSR count). The van der Waals surface area contributed by atoms with Gasteiger partial charge in [0.15, 0.2) is 11.4 Å². The molecular weight excluding hydrogens is 414 g/mol. The van der Waals surface area contributed by atoms with Gasteiger partial charge in [-0.1, -0.05) is 37.0 Å². The first kappa shape index (κ1) is 21.6. The molecule has 2 aromatic rings. The molecule has 2 amide bonds. The monoisotopic (exact) mass is 439 g/mol. The van der Waals surface area contributed by atoms with Gasteiger partial charge >= 0.3 is 5.97 Å². The van der Waals surface area contributed by atoms with Gasteiger partial charge < -0.3 is 20.1 Å². The van der Waals surface area contributed by atoms with Crippen molar-refractivity contribution in [3.05, 3.63) is 57.5 Å². The number of nitrogens with one attached hydrogen (secondary N) is 1. The number of pyridine rings is 1. The Hall–Kier alpha value is -3.62. The molecule has 168 valence electrons. The highest BCUT2D eigenvalue weighted by Gasteiger charge is 2.41. The van der Waals surface area contributed by atoms with Crippen LogP contribution in [-0.2, 0) is 11.3 Å². The Bertz CT molecular complexity index is 1130. The Balaban J connectivity index is 1.79. The summed E-state index contributed by atoms with van der Waals surface area (Å²) in [4.78, 5) is 51.7. The second-order valence-electron chi connectivity index (χ2n) is 8.40. The smallest absolute Gasteiger partial charge is 0.341 e. The van der Waals surface area contributed by atoms with Crippen LogP contribution in [0.3, 0.4) is 0 Å². The number of anilines is 1. The molecule has 32 heavy (non-hydrogen) atoms. The van der Waals surface area contributed by atoms with Crippen LogP contribution in [-0.4, -0.2) is 44.6 Å². The highest BCUT2D eigenvalue weighted by atomic mass is 16.4.